The smallest absolute Gasteiger partial charge is 0.242 e. The van der Waals surface area contributed by atoms with E-state index in [9.17, 15) is 14.0 Å². The van der Waals surface area contributed by atoms with E-state index in [1.165, 1.54) is 40.9 Å². The SMILES string of the molecule is CN1C(=O)C(CC(=O)Nc2ccc(F)cc2)SC1=Nc1ccccc1. The Morgan fingerprint density at radius 3 is 2.56 bits per heavy atom. The van der Waals surface area contributed by atoms with Crippen LogP contribution in [0.1, 0.15) is 6.42 Å². The van der Waals surface area contributed by atoms with E-state index in [1.807, 2.05) is 30.3 Å². The monoisotopic (exact) mass is 357 g/mol. The number of hydrogen-bond donors (Lipinski definition) is 1. The number of nitrogens with one attached hydrogen (secondary N) is 1. The van der Waals surface area contributed by atoms with Crippen LogP contribution in [-0.2, 0) is 9.59 Å². The number of thioether (sulfide) groups is 1. The molecular weight excluding hydrogens is 341 g/mol. The number of amidine groups is 1. The van der Waals surface area contributed by atoms with Gasteiger partial charge in [-0.2, -0.15) is 0 Å². The van der Waals surface area contributed by atoms with Crippen molar-refractivity contribution in [1.29, 1.82) is 0 Å². The largest absolute Gasteiger partial charge is 0.326 e. The highest BCUT2D eigenvalue weighted by Crippen LogP contribution is 2.30. The lowest BCUT2D eigenvalue weighted by Gasteiger charge is -2.09. The number of nitrogens with zero attached hydrogens (tertiary/aromatic N) is 2. The first-order valence-corrected chi connectivity index (χ1v) is 8.54. The third-order valence-electron chi connectivity index (χ3n) is 3.62. The van der Waals surface area contributed by atoms with Crippen molar-refractivity contribution in [3.8, 4) is 0 Å². The number of carbonyl (C=O) groups excluding carboxylic acids is 2. The van der Waals surface area contributed by atoms with E-state index in [2.05, 4.69) is 10.3 Å². The molecule has 2 aromatic rings. The Morgan fingerprint density at radius 1 is 1.20 bits per heavy atom. The van der Waals surface area contributed by atoms with Crippen LogP contribution in [0.4, 0.5) is 15.8 Å². The summed E-state index contributed by atoms with van der Waals surface area (Å²) in [6, 6.07) is 14.8. The van der Waals surface area contributed by atoms with Gasteiger partial charge in [-0.15, -0.1) is 0 Å². The fraction of sp³-hybridized carbons (Fsp3) is 0.167. The Balaban J connectivity index is 1.65. The molecule has 3 rings (SSSR count). The second kappa shape index (κ2) is 7.48. The second-order valence-corrected chi connectivity index (χ2v) is 6.66. The van der Waals surface area contributed by atoms with E-state index in [0.29, 0.717) is 10.9 Å². The van der Waals surface area contributed by atoms with Gasteiger partial charge in [0.25, 0.3) is 0 Å². The molecular formula is C18H16FN3O2S. The molecule has 1 heterocycles. The van der Waals surface area contributed by atoms with E-state index >= 15 is 0 Å². The fourth-order valence-electron chi connectivity index (χ4n) is 2.32. The normalized spacial score (nSPS) is 18.6. The van der Waals surface area contributed by atoms with Gasteiger partial charge in [-0.3, -0.25) is 14.5 Å². The molecule has 2 aromatic carbocycles. The summed E-state index contributed by atoms with van der Waals surface area (Å²) < 4.78 is 12.9. The van der Waals surface area contributed by atoms with E-state index in [1.54, 1.807) is 7.05 Å². The first-order valence-electron chi connectivity index (χ1n) is 7.66. The third kappa shape index (κ3) is 4.24. The van der Waals surface area contributed by atoms with Gasteiger partial charge in [-0.25, -0.2) is 9.38 Å². The molecule has 1 aliphatic rings. The van der Waals surface area contributed by atoms with Gasteiger partial charge in [0.05, 0.1) is 5.69 Å². The first-order chi connectivity index (χ1) is 12.0. The zero-order valence-electron chi connectivity index (χ0n) is 13.5. The number of amides is 2. The maximum Gasteiger partial charge on any atom is 0.242 e. The molecule has 1 saturated heterocycles. The molecule has 1 fully saturated rings. The molecule has 25 heavy (non-hydrogen) atoms. The molecule has 0 aromatic heterocycles. The van der Waals surface area contributed by atoms with Crippen LogP contribution >= 0.6 is 11.8 Å². The Labute approximate surface area is 148 Å². The van der Waals surface area contributed by atoms with E-state index in [4.69, 9.17) is 0 Å². The van der Waals surface area contributed by atoms with Crippen molar-refractivity contribution in [1.82, 2.24) is 4.90 Å². The summed E-state index contributed by atoms with van der Waals surface area (Å²) in [6.45, 7) is 0. The van der Waals surface area contributed by atoms with Crippen molar-refractivity contribution >= 4 is 40.1 Å². The fourth-order valence-corrected chi connectivity index (χ4v) is 3.48. The van der Waals surface area contributed by atoms with E-state index < -0.39 is 5.25 Å². The van der Waals surface area contributed by atoms with Crippen molar-refractivity contribution in [2.45, 2.75) is 11.7 Å². The molecule has 0 saturated carbocycles. The minimum absolute atomic E-state index is 0.0268. The third-order valence-corrected chi connectivity index (χ3v) is 4.85. The van der Waals surface area contributed by atoms with Crippen molar-refractivity contribution in [3.63, 3.8) is 0 Å². The van der Waals surface area contributed by atoms with Gasteiger partial charge in [0.2, 0.25) is 11.8 Å². The summed E-state index contributed by atoms with van der Waals surface area (Å²) in [7, 11) is 1.65. The summed E-state index contributed by atoms with van der Waals surface area (Å²) in [4.78, 5) is 30.4. The van der Waals surface area contributed by atoms with Crippen LogP contribution in [0.3, 0.4) is 0 Å². The molecule has 1 unspecified atom stereocenters. The highest BCUT2D eigenvalue weighted by atomic mass is 32.2. The standard InChI is InChI=1S/C18H16FN3O2S/c1-22-17(24)15(25-18(22)21-13-5-3-2-4-6-13)11-16(23)20-14-9-7-12(19)8-10-14/h2-10,15H,11H2,1H3,(H,20,23). The highest BCUT2D eigenvalue weighted by Gasteiger charge is 2.36. The van der Waals surface area contributed by atoms with Gasteiger partial charge in [0.15, 0.2) is 5.17 Å². The average molecular weight is 357 g/mol. The van der Waals surface area contributed by atoms with E-state index in [0.717, 1.165) is 5.69 Å². The minimum Gasteiger partial charge on any atom is -0.326 e. The lowest BCUT2D eigenvalue weighted by molar-refractivity contribution is -0.127. The van der Waals surface area contributed by atoms with Gasteiger partial charge in [-0.1, -0.05) is 30.0 Å². The zero-order chi connectivity index (χ0) is 17.8. The lowest BCUT2D eigenvalue weighted by Crippen LogP contribution is -2.30. The van der Waals surface area contributed by atoms with Gasteiger partial charge < -0.3 is 5.32 Å². The number of rotatable bonds is 4. The van der Waals surface area contributed by atoms with Crippen LogP contribution in [0.15, 0.2) is 59.6 Å². The summed E-state index contributed by atoms with van der Waals surface area (Å²) in [6.07, 6.45) is 0.0268. The summed E-state index contributed by atoms with van der Waals surface area (Å²) >= 11 is 1.27. The topological polar surface area (TPSA) is 61.8 Å². The molecule has 1 atom stereocenters. The van der Waals surface area contributed by atoms with Crippen LogP contribution in [0.2, 0.25) is 0 Å². The number of benzene rings is 2. The van der Waals surface area contributed by atoms with Crippen LogP contribution in [0, 0.1) is 5.82 Å². The van der Waals surface area contributed by atoms with Crippen molar-refractivity contribution < 1.29 is 14.0 Å². The predicted molar refractivity (Wildman–Crippen MR) is 97.3 cm³/mol. The van der Waals surface area contributed by atoms with Crippen LogP contribution < -0.4 is 5.32 Å². The molecule has 0 spiro atoms. The number of halogens is 1. The predicted octanol–water partition coefficient (Wildman–Crippen LogP) is 3.42. The van der Waals surface area contributed by atoms with Gasteiger partial charge >= 0.3 is 0 Å². The maximum absolute atomic E-state index is 12.9. The van der Waals surface area contributed by atoms with Crippen LogP contribution in [-0.4, -0.2) is 34.2 Å². The Morgan fingerprint density at radius 2 is 1.88 bits per heavy atom. The van der Waals surface area contributed by atoms with Crippen LogP contribution in [0.25, 0.3) is 0 Å². The van der Waals surface area contributed by atoms with Gasteiger partial charge in [-0.05, 0) is 36.4 Å². The Kier molecular flexibility index (Phi) is 5.14. The molecule has 1 N–H and O–H groups in total. The first kappa shape index (κ1) is 17.2. The van der Waals surface area contributed by atoms with E-state index in [-0.39, 0.29) is 24.1 Å². The number of hydrogen-bond acceptors (Lipinski definition) is 4. The van der Waals surface area contributed by atoms with Crippen LogP contribution in [0.5, 0.6) is 0 Å². The number of anilines is 1. The van der Waals surface area contributed by atoms with Crippen molar-refractivity contribution in [3.05, 3.63) is 60.4 Å². The number of carbonyl (C=O) groups is 2. The number of para-hydroxylation sites is 1. The zero-order valence-corrected chi connectivity index (χ0v) is 14.3. The Bertz CT molecular complexity index is 809. The van der Waals surface area contributed by atoms with Crippen molar-refractivity contribution in [2.24, 2.45) is 4.99 Å². The molecule has 0 aliphatic carbocycles. The molecule has 7 heteroatoms. The molecule has 128 valence electrons. The quantitative estimate of drug-likeness (QED) is 0.912. The molecule has 0 radical (unpaired) electrons. The molecule has 5 nitrogen and oxygen atoms in total. The highest BCUT2D eigenvalue weighted by molar-refractivity contribution is 8.15. The van der Waals surface area contributed by atoms with Gasteiger partial charge in [0.1, 0.15) is 11.1 Å². The van der Waals surface area contributed by atoms with Gasteiger partial charge in [0, 0.05) is 19.2 Å². The minimum atomic E-state index is -0.520. The molecule has 1 aliphatic heterocycles. The number of aliphatic imine (C=N–C) groups is 1. The summed E-state index contributed by atoms with van der Waals surface area (Å²) in [5.41, 5.74) is 1.24. The average Bonchev–Trinajstić information content (AvgIpc) is 2.86. The second-order valence-electron chi connectivity index (χ2n) is 5.49. The Hall–Kier alpha value is -2.67. The maximum atomic E-state index is 12.9. The summed E-state index contributed by atoms with van der Waals surface area (Å²) in [5, 5.41) is 2.71. The molecule has 0 bridgehead atoms. The summed E-state index contributed by atoms with van der Waals surface area (Å²) in [5.74, 6) is -0.830. The lowest BCUT2D eigenvalue weighted by atomic mass is 10.2. The molecule has 2 amide bonds. The van der Waals surface area contributed by atoms with Crippen molar-refractivity contribution in [2.75, 3.05) is 12.4 Å².